The van der Waals surface area contributed by atoms with E-state index in [1.54, 1.807) is 6.92 Å². The van der Waals surface area contributed by atoms with E-state index in [4.69, 9.17) is 30.4 Å². The molecule has 1 aromatic rings. The summed E-state index contributed by atoms with van der Waals surface area (Å²) in [5, 5.41) is 13.7. The summed E-state index contributed by atoms with van der Waals surface area (Å²) in [6, 6.07) is 1.74. The first-order valence-corrected chi connectivity index (χ1v) is 15.0. The largest absolute Gasteiger partial charge is 1.00 e. The fourth-order valence-electron chi connectivity index (χ4n) is 4.16. The van der Waals surface area contributed by atoms with E-state index in [1.165, 1.54) is 50.7 Å². The number of hydrogen-bond acceptors (Lipinski definition) is 10. The van der Waals surface area contributed by atoms with Gasteiger partial charge in [0.1, 0.15) is 19.3 Å². The molecule has 0 radical (unpaired) electrons. The molecule has 42 heavy (non-hydrogen) atoms. The molecule has 0 saturated carbocycles. The van der Waals surface area contributed by atoms with Crippen molar-refractivity contribution in [3.8, 4) is 17.2 Å². The van der Waals surface area contributed by atoms with E-state index in [2.05, 4.69) is 12.2 Å². The fraction of sp³-hybridized carbons (Fsp3) is 0.700. The summed E-state index contributed by atoms with van der Waals surface area (Å²) in [6.07, 6.45) is 10.8. The Morgan fingerprint density at radius 2 is 1.33 bits per heavy atom. The monoisotopic (exact) mass is 603 g/mol. The number of ether oxygens (including phenoxy) is 4. The van der Waals surface area contributed by atoms with Crippen LogP contribution in [0.1, 0.15) is 101 Å². The van der Waals surface area contributed by atoms with Gasteiger partial charge in [-0.25, -0.2) is 4.79 Å². The number of carboxylic acid groups (broad SMARTS) is 1. The molecule has 1 rings (SSSR count). The van der Waals surface area contributed by atoms with Crippen LogP contribution in [0.15, 0.2) is 12.1 Å². The Kier molecular flexibility index (Phi) is 24.2. The SMILES string of the molecule is CCCCCCCCCCCCOC(=O)C(CCC(=O)[O-])NC(=O)c1cc(OCCN)c(OCC)c(OCCN)c1.[Na+]. The molecule has 11 nitrogen and oxygen atoms in total. The van der Waals surface area contributed by atoms with Gasteiger partial charge in [-0.2, -0.15) is 0 Å². The van der Waals surface area contributed by atoms with E-state index in [1.807, 2.05) is 0 Å². The van der Waals surface area contributed by atoms with Gasteiger partial charge in [0, 0.05) is 24.6 Å². The molecule has 1 atom stereocenters. The van der Waals surface area contributed by atoms with Crippen LogP contribution in [0.5, 0.6) is 17.2 Å². The number of carbonyl (C=O) groups excluding carboxylic acids is 3. The van der Waals surface area contributed by atoms with Gasteiger partial charge in [0.2, 0.25) is 5.75 Å². The van der Waals surface area contributed by atoms with Crippen molar-refractivity contribution >= 4 is 17.8 Å². The molecule has 1 unspecified atom stereocenters. The number of rotatable bonds is 25. The molecule has 0 spiro atoms. The van der Waals surface area contributed by atoms with Crippen LogP contribution in [0.3, 0.4) is 0 Å². The smallest absolute Gasteiger partial charge is 0.550 e. The van der Waals surface area contributed by atoms with Crippen molar-refractivity contribution in [1.82, 2.24) is 5.32 Å². The topological polar surface area (TPSA) is 175 Å². The van der Waals surface area contributed by atoms with Gasteiger partial charge in [0.15, 0.2) is 11.5 Å². The maximum atomic E-state index is 13.2. The van der Waals surface area contributed by atoms with E-state index in [9.17, 15) is 19.5 Å². The first-order valence-electron chi connectivity index (χ1n) is 15.0. The average molecular weight is 604 g/mol. The number of carbonyl (C=O) groups is 3. The number of benzene rings is 1. The molecular weight excluding hydrogens is 553 g/mol. The number of esters is 1. The summed E-state index contributed by atoms with van der Waals surface area (Å²) in [4.78, 5) is 37.1. The van der Waals surface area contributed by atoms with Gasteiger partial charge in [0.25, 0.3) is 5.91 Å². The molecule has 1 amide bonds. The van der Waals surface area contributed by atoms with Crippen LogP contribution in [-0.2, 0) is 14.3 Å². The molecular formula is C30H50N3NaO8. The van der Waals surface area contributed by atoms with E-state index >= 15 is 0 Å². The normalized spacial score (nSPS) is 11.2. The van der Waals surface area contributed by atoms with Gasteiger partial charge in [-0.1, -0.05) is 64.7 Å². The Morgan fingerprint density at radius 1 is 0.810 bits per heavy atom. The van der Waals surface area contributed by atoms with Crippen molar-refractivity contribution in [2.24, 2.45) is 11.5 Å². The van der Waals surface area contributed by atoms with Crippen LogP contribution in [0, 0.1) is 0 Å². The summed E-state index contributed by atoms with van der Waals surface area (Å²) in [7, 11) is 0. The zero-order chi connectivity index (χ0) is 30.3. The second kappa shape index (κ2) is 25.4. The van der Waals surface area contributed by atoms with E-state index in [-0.39, 0.29) is 86.0 Å². The Morgan fingerprint density at radius 3 is 1.81 bits per heavy atom. The first kappa shape index (κ1) is 40.0. The minimum Gasteiger partial charge on any atom is -0.550 e. The van der Waals surface area contributed by atoms with Crippen molar-refractivity contribution in [2.45, 2.75) is 96.9 Å². The van der Waals surface area contributed by atoms with Crippen molar-refractivity contribution in [3.63, 3.8) is 0 Å². The minimum absolute atomic E-state index is 0. The van der Waals surface area contributed by atoms with Crippen molar-refractivity contribution in [3.05, 3.63) is 17.7 Å². The molecule has 0 aliphatic rings. The van der Waals surface area contributed by atoms with E-state index in [0.717, 1.165) is 19.3 Å². The first-order chi connectivity index (χ1) is 19.9. The van der Waals surface area contributed by atoms with Gasteiger partial charge in [-0.15, -0.1) is 0 Å². The number of unbranched alkanes of at least 4 members (excludes halogenated alkanes) is 9. The van der Waals surface area contributed by atoms with Crippen molar-refractivity contribution in [2.75, 3.05) is 39.5 Å². The number of nitrogens with two attached hydrogens (primary N) is 2. The third-order valence-electron chi connectivity index (χ3n) is 6.29. The van der Waals surface area contributed by atoms with Gasteiger partial charge in [0.05, 0.1) is 13.2 Å². The molecule has 5 N–H and O–H groups in total. The molecule has 0 aliphatic heterocycles. The van der Waals surface area contributed by atoms with E-state index < -0.39 is 30.3 Å². The Labute approximate surface area is 273 Å². The van der Waals surface area contributed by atoms with Crippen LogP contribution in [0.4, 0.5) is 0 Å². The van der Waals surface area contributed by atoms with Crippen LogP contribution >= 0.6 is 0 Å². The molecule has 0 aromatic heterocycles. The summed E-state index contributed by atoms with van der Waals surface area (Å²) in [5.74, 6) is -1.88. The minimum atomic E-state index is -1.33. The Balaban J connectivity index is 0.0000168. The third-order valence-corrected chi connectivity index (χ3v) is 6.29. The van der Waals surface area contributed by atoms with Gasteiger partial charge < -0.3 is 45.6 Å². The number of amides is 1. The number of nitrogens with one attached hydrogen (secondary N) is 1. The van der Waals surface area contributed by atoms with Crippen LogP contribution in [0.25, 0.3) is 0 Å². The molecule has 0 bridgehead atoms. The molecule has 12 heteroatoms. The van der Waals surface area contributed by atoms with Crippen LogP contribution < -0.4 is 65.7 Å². The molecule has 234 valence electrons. The van der Waals surface area contributed by atoms with Gasteiger partial charge >= 0.3 is 35.5 Å². The number of hydrogen-bond donors (Lipinski definition) is 3. The number of aliphatic carboxylic acids is 1. The average Bonchev–Trinajstić information content (AvgIpc) is 2.96. The Hall–Kier alpha value is -2.05. The quantitative estimate of drug-likeness (QED) is 0.0775. The van der Waals surface area contributed by atoms with Crippen LogP contribution in [-0.4, -0.2) is 63.4 Å². The summed E-state index contributed by atoms with van der Waals surface area (Å²) in [6.45, 7) is 5.32. The molecule has 1 aromatic carbocycles. The van der Waals surface area contributed by atoms with Crippen molar-refractivity contribution in [1.29, 1.82) is 0 Å². The maximum absolute atomic E-state index is 13.2. The van der Waals surface area contributed by atoms with E-state index in [0.29, 0.717) is 18.8 Å². The number of carboxylic acids is 1. The molecule has 0 aliphatic carbocycles. The van der Waals surface area contributed by atoms with Crippen molar-refractivity contribution < 1.29 is 68.0 Å². The van der Waals surface area contributed by atoms with Gasteiger partial charge in [-0.05, 0) is 38.3 Å². The zero-order valence-corrected chi connectivity index (χ0v) is 27.9. The van der Waals surface area contributed by atoms with Gasteiger partial charge in [-0.3, -0.25) is 4.79 Å². The fourth-order valence-corrected chi connectivity index (χ4v) is 4.16. The predicted octanol–water partition coefficient (Wildman–Crippen LogP) is -0.143. The summed E-state index contributed by atoms with van der Waals surface area (Å²) >= 11 is 0. The second-order valence-electron chi connectivity index (χ2n) is 9.80. The second-order valence-corrected chi connectivity index (χ2v) is 9.80. The summed E-state index contributed by atoms with van der Waals surface area (Å²) < 4.78 is 22.4. The maximum Gasteiger partial charge on any atom is 1.00 e. The predicted molar refractivity (Wildman–Crippen MR) is 155 cm³/mol. The molecule has 0 fully saturated rings. The summed E-state index contributed by atoms with van der Waals surface area (Å²) in [5.41, 5.74) is 11.3. The Bertz CT molecular complexity index is 874. The standard InChI is InChI=1S/C30H51N3O8.Na/c1-3-5-6-7-8-9-10-11-12-13-18-41-30(37)24(14-15-27(34)35)33-29(36)23-21-25(39-19-16-31)28(38-4-2)26(22-23)40-20-17-32;/h21-22,24H,3-20,31-32H2,1-2H3,(H,33,36)(H,34,35);/q;+1/p-1. The zero-order valence-electron chi connectivity index (χ0n) is 25.9. The molecule has 0 heterocycles. The molecule has 0 saturated heterocycles. The third kappa shape index (κ3) is 17.2. The van der Waals surface area contributed by atoms with Crippen LogP contribution in [0.2, 0.25) is 0 Å².